The summed E-state index contributed by atoms with van der Waals surface area (Å²) in [4.78, 5) is 4.13. The number of hydrogen-bond donors (Lipinski definition) is 0. The largest absolute Gasteiger partial charge is 0.265 e. The summed E-state index contributed by atoms with van der Waals surface area (Å²) in [5.74, 6) is 0. The summed E-state index contributed by atoms with van der Waals surface area (Å²) in [6.45, 7) is 2.15. The van der Waals surface area contributed by atoms with Crippen molar-refractivity contribution in [2.75, 3.05) is 0 Å². The minimum Gasteiger partial charge on any atom is -0.265 e. The van der Waals surface area contributed by atoms with Crippen molar-refractivity contribution in [1.82, 2.24) is 0 Å². The van der Waals surface area contributed by atoms with Crippen LogP contribution in [0, 0.1) is 0 Å². The van der Waals surface area contributed by atoms with E-state index in [1.807, 2.05) is 24.6 Å². The van der Waals surface area contributed by atoms with Gasteiger partial charge in [0.05, 0.1) is 0 Å². The van der Waals surface area contributed by atoms with Crippen molar-refractivity contribution in [1.29, 1.82) is 0 Å². The Labute approximate surface area is 67.8 Å². The first-order valence-electron chi connectivity index (χ1n) is 3.96. The number of nitrogens with zero attached hydrogens (tertiary/aromatic N) is 1. The molecule has 0 aliphatic carbocycles. The van der Waals surface area contributed by atoms with E-state index >= 15 is 0 Å². The minimum atomic E-state index is 1.03. The Bertz CT molecular complexity index is 219. The molecule has 0 unspecified atom stereocenters. The van der Waals surface area contributed by atoms with Crippen molar-refractivity contribution < 1.29 is 0 Å². The molecule has 1 aliphatic rings. The van der Waals surface area contributed by atoms with Gasteiger partial charge in [0.25, 0.3) is 0 Å². The Morgan fingerprint density at radius 1 is 1.36 bits per heavy atom. The second kappa shape index (κ2) is 4.67. The van der Waals surface area contributed by atoms with Gasteiger partial charge in [-0.3, -0.25) is 4.99 Å². The normalized spacial score (nSPS) is 30.5. The molecule has 58 valence electrons. The van der Waals surface area contributed by atoms with E-state index in [0.29, 0.717) is 0 Å². The molecule has 0 aromatic carbocycles. The number of rotatable bonds is 1. The number of allylic oxidation sites excluding steroid dienone is 5. The summed E-state index contributed by atoms with van der Waals surface area (Å²) in [7, 11) is 0. The van der Waals surface area contributed by atoms with E-state index in [9.17, 15) is 0 Å². The monoisotopic (exact) mass is 147 g/mol. The van der Waals surface area contributed by atoms with Crippen LogP contribution in [-0.2, 0) is 0 Å². The zero-order chi connectivity index (χ0) is 7.94. The lowest BCUT2D eigenvalue weighted by molar-refractivity contribution is 1.02. The van der Waals surface area contributed by atoms with E-state index in [2.05, 4.69) is 24.1 Å². The molecule has 0 saturated heterocycles. The van der Waals surface area contributed by atoms with Crippen molar-refractivity contribution in [3.63, 3.8) is 0 Å². The maximum Gasteiger partial charge on any atom is 0.0267 e. The molecule has 0 bridgehead atoms. The molecule has 1 aliphatic heterocycles. The molecule has 0 aromatic rings. The average molecular weight is 147 g/mol. The topological polar surface area (TPSA) is 12.4 Å². The van der Waals surface area contributed by atoms with Gasteiger partial charge in [0.1, 0.15) is 0 Å². The first kappa shape index (κ1) is 7.99. The molecule has 0 radical (unpaired) electrons. The molecule has 0 saturated carbocycles. The fourth-order valence-corrected chi connectivity index (χ4v) is 0.898. The molecular weight excluding hydrogens is 134 g/mol. The van der Waals surface area contributed by atoms with Crippen LogP contribution in [0.3, 0.4) is 0 Å². The highest BCUT2D eigenvalue weighted by Gasteiger charge is 1.88. The van der Waals surface area contributed by atoms with Crippen LogP contribution in [0.1, 0.15) is 19.8 Å². The maximum absolute atomic E-state index is 4.13. The van der Waals surface area contributed by atoms with Gasteiger partial charge in [0, 0.05) is 12.4 Å². The fraction of sp³-hybridized carbons (Fsp3) is 0.300. The zero-order valence-electron chi connectivity index (χ0n) is 6.83. The third kappa shape index (κ3) is 2.99. The first-order valence-corrected chi connectivity index (χ1v) is 3.96. The average Bonchev–Trinajstić information content (AvgIpc) is 2.16. The van der Waals surface area contributed by atoms with Crippen LogP contribution in [0.2, 0.25) is 0 Å². The van der Waals surface area contributed by atoms with Crippen molar-refractivity contribution in [3.8, 4) is 0 Å². The molecule has 1 rings (SSSR count). The van der Waals surface area contributed by atoms with Gasteiger partial charge in [0.15, 0.2) is 0 Å². The fourth-order valence-electron chi connectivity index (χ4n) is 0.898. The molecule has 1 nitrogen and oxygen atoms in total. The molecule has 1 heterocycles. The summed E-state index contributed by atoms with van der Waals surface area (Å²) in [6.07, 6.45) is 14.0. The standard InChI is InChI=1S/C10H13N/c1-2-10-7-5-3-4-6-8-11-9-10/h3-6,8-9H,2,7H2,1H3/b5-3-,6-4-,10-9-,11-8+. The minimum absolute atomic E-state index is 1.03. The van der Waals surface area contributed by atoms with E-state index in [1.165, 1.54) is 5.57 Å². The lowest BCUT2D eigenvalue weighted by Crippen LogP contribution is -1.76. The van der Waals surface area contributed by atoms with E-state index in [4.69, 9.17) is 0 Å². The van der Waals surface area contributed by atoms with Gasteiger partial charge in [-0.25, -0.2) is 0 Å². The molecule has 11 heavy (non-hydrogen) atoms. The molecule has 0 aromatic heterocycles. The molecular formula is C10H13N. The van der Waals surface area contributed by atoms with Gasteiger partial charge in [-0.1, -0.05) is 25.2 Å². The second-order valence-electron chi connectivity index (χ2n) is 2.46. The van der Waals surface area contributed by atoms with E-state index in [-0.39, 0.29) is 0 Å². The maximum atomic E-state index is 4.13. The summed E-state index contributed by atoms with van der Waals surface area (Å²) < 4.78 is 0. The van der Waals surface area contributed by atoms with Crippen molar-refractivity contribution >= 4 is 6.21 Å². The predicted octanol–water partition coefficient (Wildman–Crippen LogP) is 2.87. The second-order valence-corrected chi connectivity index (χ2v) is 2.46. The van der Waals surface area contributed by atoms with Crippen molar-refractivity contribution in [2.24, 2.45) is 4.99 Å². The summed E-state index contributed by atoms with van der Waals surface area (Å²) >= 11 is 0. The van der Waals surface area contributed by atoms with Crippen LogP contribution in [0.4, 0.5) is 0 Å². The van der Waals surface area contributed by atoms with Gasteiger partial charge in [0.2, 0.25) is 0 Å². The van der Waals surface area contributed by atoms with E-state index < -0.39 is 0 Å². The number of hydrogen-bond acceptors (Lipinski definition) is 1. The Morgan fingerprint density at radius 3 is 3.09 bits per heavy atom. The van der Waals surface area contributed by atoms with Crippen LogP contribution in [0.5, 0.6) is 0 Å². The van der Waals surface area contributed by atoms with Crippen LogP contribution in [0.15, 0.2) is 41.1 Å². The summed E-state index contributed by atoms with van der Waals surface area (Å²) in [5, 5.41) is 0. The summed E-state index contributed by atoms with van der Waals surface area (Å²) in [5.41, 5.74) is 1.38. The summed E-state index contributed by atoms with van der Waals surface area (Å²) in [6, 6.07) is 0. The van der Waals surface area contributed by atoms with Gasteiger partial charge in [-0.05, 0) is 24.5 Å². The predicted molar refractivity (Wildman–Crippen MR) is 49.8 cm³/mol. The highest BCUT2D eigenvalue weighted by atomic mass is 14.7. The molecule has 0 fully saturated rings. The van der Waals surface area contributed by atoms with Crippen LogP contribution in [0.25, 0.3) is 0 Å². The molecule has 0 atom stereocenters. The van der Waals surface area contributed by atoms with Gasteiger partial charge in [-0.15, -0.1) is 0 Å². The highest BCUT2D eigenvalue weighted by molar-refractivity contribution is 5.72. The van der Waals surface area contributed by atoms with Crippen LogP contribution >= 0.6 is 0 Å². The molecule has 0 spiro atoms. The Balaban J connectivity index is 2.69. The Morgan fingerprint density at radius 2 is 2.27 bits per heavy atom. The Hall–Kier alpha value is -1.11. The zero-order valence-corrected chi connectivity index (χ0v) is 6.83. The van der Waals surface area contributed by atoms with Crippen molar-refractivity contribution in [3.05, 3.63) is 36.1 Å². The highest BCUT2D eigenvalue weighted by Crippen LogP contribution is 2.07. The lowest BCUT2D eigenvalue weighted by Gasteiger charge is -1.95. The van der Waals surface area contributed by atoms with Gasteiger partial charge < -0.3 is 0 Å². The first-order chi connectivity index (χ1) is 5.43. The van der Waals surface area contributed by atoms with Crippen LogP contribution < -0.4 is 0 Å². The third-order valence-electron chi connectivity index (χ3n) is 1.62. The van der Waals surface area contributed by atoms with Gasteiger partial charge in [-0.2, -0.15) is 0 Å². The lowest BCUT2D eigenvalue weighted by atomic mass is 10.1. The van der Waals surface area contributed by atoms with Crippen molar-refractivity contribution in [2.45, 2.75) is 19.8 Å². The molecule has 0 amide bonds. The SMILES string of the molecule is CC/C1=C/N=C/C=C\C=C/C1. The smallest absolute Gasteiger partial charge is 0.0267 e. The quantitative estimate of drug-likeness (QED) is 0.540. The molecule has 0 N–H and O–H groups in total. The van der Waals surface area contributed by atoms with Gasteiger partial charge >= 0.3 is 0 Å². The number of aliphatic imine (C=N–C) groups is 1. The van der Waals surface area contributed by atoms with Crippen LogP contribution in [-0.4, -0.2) is 6.21 Å². The van der Waals surface area contributed by atoms with E-state index in [0.717, 1.165) is 12.8 Å². The van der Waals surface area contributed by atoms with E-state index in [1.54, 1.807) is 0 Å². The third-order valence-corrected chi connectivity index (χ3v) is 1.62. The Kier molecular flexibility index (Phi) is 3.39. The molecule has 1 heteroatoms.